The Morgan fingerprint density at radius 3 is 2.41 bits per heavy atom. The number of likely N-dealkylation sites (tertiary alicyclic amines) is 1. The van der Waals surface area contributed by atoms with Crippen LogP contribution in [0.15, 0.2) is 48.5 Å². The van der Waals surface area contributed by atoms with Gasteiger partial charge in [-0.15, -0.1) is 0 Å². The Morgan fingerprint density at radius 1 is 0.963 bits per heavy atom. The van der Waals surface area contributed by atoms with Gasteiger partial charge in [-0.25, -0.2) is 4.39 Å². The lowest BCUT2D eigenvalue weighted by Gasteiger charge is -2.15. The van der Waals surface area contributed by atoms with Crippen LogP contribution in [-0.4, -0.2) is 29.7 Å². The molecule has 0 bridgehead atoms. The maximum Gasteiger partial charge on any atom is 0.220 e. The zero-order valence-corrected chi connectivity index (χ0v) is 15.4. The number of benzene rings is 2. The SMILES string of the molecule is O=C(CCC(=O)c1ccc(F)cc1)NCc1cccc(CN2CCCC2)c1. The molecule has 1 N–H and O–H groups in total. The second-order valence-corrected chi connectivity index (χ2v) is 7.01. The largest absolute Gasteiger partial charge is 0.352 e. The van der Waals surface area contributed by atoms with Crippen molar-refractivity contribution in [1.82, 2.24) is 10.2 Å². The third-order valence-electron chi connectivity index (χ3n) is 4.83. The first kappa shape index (κ1) is 19.2. The molecule has 1 fully saturated rings. The second kappa shape index (κ2) is 9.42. The van der Waals surface area contributed by atoms with Gasteiger partial charge < -0.3 is 5.32 Å². The maximum atomic E-state index is 12.9. The Hall–Kier alpha value is -2.53. The molecule has 0 unspecified atom stereocenters. The van der Waals surface area contributed by atoms with E-state index in [0.717, 1.165) is 25.2 Å². The highest BCUT2D eigenvalue weighted by Crippen LogP contribution is 2.14. The van der Waals surface area contributed by atoms with E-state index in [1.54, 1.807) is 0 Å². The van der Waals surface area contributed by atoms with Crippen molar-refractivity contribution >= 4 is 11.7 Å². The van der Waals surface area contributed by atoms with E-state index < -0.39 is 0 Å². The molecule has 4 nitrogen and oxygen atoms in total. The van der Waals surface area contributed by atoms with Gasteiger partial charge in [0.25, 0.3) is 0 Å². The monoisotopic (exact) mass is 368 g/mol. The number of rotatable bonds is 8. The summed E-state index contributed by atoms with van der Waals surface area (Å²) in [6, 6.07) is 13.7. The fraction of sp³-hybridized carbons (Fsp3) is 0.364. The van der Waals surface area contributed by atoms with Crippen LogP contribution in [0.3, 0.4) is 0 Å². The summed E-state index contributed by atoms with van der Waals surface area (Å²) in [5.74, 6) is -0.690. The minimum atomic E-state index is -0.378. The Balaban J connectivity index is 1.43. The summed E-state index contributed by atoms with van der Waals surface area (Å²) in [5.41, 5.74) is 2.75. The van der Waals surface area contributed by atoms with Crippen LogP contribution in [-0.2, 0) is 17.9 Å². The van der Waals surface area contributed by atoms with Crippen molar-refractivity contribution in [3.8, 4) is 0 Å². The van der Waals surface area contributed by atoms with E-state index in [-0.39, 0.29) is 30.3 Å². The van der Waals surface area contributed by atoms with Gasteiger partial charge in [-0.2, -0.15) is 0 Å². The number of hydrogen-bond acceptors (Lipinski definition) is 3. The first-order valence-electron chi connectivity index (χ1n) is 9.46. The average Bonchev–Trinajstić information content (AvgIpc) is 3.18. The van der Waals surface area contributed by atoms with E-state index in [2.05, 4.69) is 22.3 Å². The fourth-order valence-corrected chi connectivity index (χ4v) is 3.33. The lowest BCUT2D eigenvalue weighted by Crippen LogP contribution is -2.23. The second-order valence-electron chi connectivity index (χ2n) is 7.01. The van der Waals surface area contributed by atoms with Crippen molar-refractivity contribution in [2.24, 2.45) is 0 Å². The molecule has 1 aliphatic rings. The van der Waals surface area contributed by atoms with Gasteiger partial charge in [0.15, 0.2) is 5.78 Å². The van der Waals surface area contributed by atoms with E-state index in [0.29, 0.717) is 12.1 Å². The standard InChI is InChI=1S/C22H25FN2O2/c23-20-8-6-19(7-9-20)21(26)10-11-22(27)24-15-17-4-3-5-18(14-17)16-25-12-1-2-13-25/h3-9,14H,1-2,10-13,15-16H2,(H,24,27). The molecule has 0 aromatic heterocycles. The molecule has 3 rings (SSSR count). The van der Waals surface area contributed by atoms with E-state index in [1.807, 2.05) is 12.1 Å². The van der Waals surface area contributed by atoms with Gasteiger partial charge in [0, 0.05) is 31.5 Å². The highest BCUT2D eigenvalue weighted by molar-refractivity contribution is 5.97. The van der Waals surface area contributed by atoms with Gasteiger partial charge in [0.05, 0.1) is 0 Å². The quantitative estimate of drug-likeness (QED) is 0.723. The maximum absolute atomic E-state index is 12.9. The van der Waals surface area contributed by atoms with Gasteiger partial charge in [0.1, 0.15) is 5.82 Å². The fourth-order valence-electron chi connectivity index (χ4n) is 3.33. The molecule has 2 aromatic rings. The Labute approximate surface area is 159 Å². The van der Waals surface area contributed by atoms with Crippen LogP contribution in [0.1, 0.15) is 47.2 Å². The third-order valence-corrected chi connectivity index (χ3v) is 4.83. The number of ketones is 1. The number of carbonyl (C=O) groups is 2. The van der Waals surface area contributed by atoms with Crippen LogP contribution in [0.5, 0.6) is 0 Å². The summed E-state index contributed by atoms with van der Waals surface area (Å²) in [5, 5.41) is 2.87. The number of nitrogens with zero attached hydrogens (tertiary/aromatic N) is 1. The number of hydrogen-bond donors (Lipinski definition) is 1. The van der Waals surface area contributed by atoms with Gasteiger partial charge >= 0.3 is 0 Å². The first-order valence-corrected chi connectivity index (χ1v) is 9.46. The first-order chi connectivity index (χ1) is 13.1. The molecule has 1 aliphatic heterocycles. The van der Waals surface area contributed by atoms with Gasteiger partial charge in [-0.05, 0) is 61.3 Å². The van der Waals surface area contributed by atoms with Crippen LogP contribution in [0.4, 0.5) is 4.39 Å². The third kappa shape index (κ3) is 6.00. The molecule has 1 heterocycles. The van der Waals surface area contributed by atoms with Gasteiger partial charge in [0.2, 0.25) is 5.91 Å². The number of halogens is 1. The molecule has 142 valence electrons. The van der Waals surface area contributed by atoms with E-state index in [1.165, 1.54) is 42.7 Å². The summed E-state index contributed by atoms with van der Waals surface area (Å²) in [4.78, 5) is 26.5. The Bertz CT molecular complexity index is 783. The molecular formula is C22H25FN2O2. The van der Waals surface area contributed by atoms with Crippen molar-refractivity contribution in [3.05, 3.63) is 71.0 Å². The van der Waals surface area contributed by atoms with Crippen molar-refractivity contribution in [3.63, 3.8) is 0 Å². The number of nitrogens with one attached hydrogen (secondary N) is 1. The lowest BCUT2D eigenvalue weighted by molar-refractivity contribution is -0.121. The molecule has 5 heteroatoms. The summed E-state index contributed by atoms with van der Waals surface area (Å²) in [6.07, 6.45) is 2.79. The number of Topliss-reactive ketones (excluding diaryl/α,β-unsaturated/α-hetero) is 1. The summed E-state index contributed by atoms with van der Waals surface area (Å²) < 4.78 is 12.9. The van der Waals surface area contributed by atoms with Crippen LogP contribution in [0, 0.1) is 5.82 Å². The zero-order valence-electron chi connectivity index (χ0n) is 15.4. The van der Waals surface area contributed by atoms with Crippen LogP contribution >= 0.6 is 0 Å². The van der Waals surface area contributed by atoms with E-state index in [4.69, 9.17) is 0 Å². The summed E-state index contributed by atoms with van der Waals surface area (Å²) in [6.45, 7) is 3.72. The molecule has 0 aliphatic carbocycles. The molecule has 0 saturated carbocycles. The smallest absolute Gasteiger partial charge is 0.220 e. The predicted molar refractivity (Wildman–Crippen MR) is 103 cm³/mol. The molecule has 0 radical (unpaired) electrons. The molecule has 2 aromatic carbocycles. The van der Waals surface area contributed by atoms with Gasteiger partial charge in [-0.3, -0.25) is 14.5 Å². The number of carbonyl (C=O) groups excluding carboxylic acids is 2. The van der Waals surface area contributed by atoms with Crippen LogP contribution in [0.2, 0.25) is 0 Å². The lowest BCUT2D eigenvalue weighted by atomic mass is 10.1. The molecule has 0 atom stereocenters. The topological polar surface area (TPSA) is 49.4 Å². The molecular weight excluding hydrogens is 343 g/mol. The predicted octanol–water partition coefficient (Wildman–Crippen LogP) is 3.70. The summed E-state index contributed by atoms with van der Waals surface area (Å²) in [7, 11) is 0. The normalized spacial score (nSPS) is 14.3. The molecule has 0 spiro atoms. The highest BCUT2D eigenvalue weighted by atomic mass is 19.1. The molecule has 1 saturated heterocycles. The Kier molecular flexibility index (Phi) is 6.71. The van der Waals surface area contributed by atoms with E-state index in [9.17, 15) is 14.0 Å². The van der Waals surface area contributed by atoms with Crippen molar-refractivity contribution < 1.29 is 14.0 Å². The minimum Gasteiger partial charge on any atom is -0.352 e. The van der Waals surface area contributed by atoms with E-state index >= 15 is 0 Å². The van der Waals surface area contributed by atoms with Crippen LogP contribution < -0.4 is 5.32 Å². The van der Waals surface area contributed by atoms with Crippen molar-refractivity contribution in [1.29, 1.82) is 0 Å². The van der Waals surface area contributed by atoms with Crippen molar-refractivity contribution in [2.45, 2.75) is 38.8 Å². The zero-order chi connectivity index (χ0) is 19.1. The van der Waals surface area contributed by atoms with Crippen LogP contribution in [0.25, 0.3) is 0 Å². The van der Waals surface area contributed by atoms with Gasteiger partial charge in [-0.1, -0.05) is 24.3 Å². The molecule has 27 heavy (non-hydrogen) atoms. The minimum absolute atomic E-state index is 0.118. The number of amides is 1. The average molecular weight is 368 g/mol. The molecule has 1 amide bonds. The van der Waals surface area contributed by atoms with Crippen molar-refractivity contribution in [2.75, 3.05) is 13.1 Å². The Morgan fingerprint density at radius 2 is 1.67 bits per heavy atom. The highest BCUT2D eigenvalue weighted by Gasteiger charge is 2.12. The summed E-state index contributed by atoms with van der Waals surface area (Å²) >= 11 is 0.